The summed E-state index contributed by atoms with van der Waals surface area (Å²) in [6, 6.07) is 0.204. The zero-order valence-electron chi connectivity index (χ0n) is 7.07. The predicted octanol–water partition coefficient (Wildman–Crippen LogP) is 1.39. The van der Waals surface area contributed by atoms with Crippen molar-refractivity contribution < 1.29 is 5.11 Å². The van der Waals surface area contributed by atoms with Crippen LogP contribution in [0.15, 0.2) is 5.29 Å². The van der Waals surface area contributed by atoms with Gasteiger partial charge in [-0.15, -0.1) is 4.91 Å². The predicted molar refractivity (Wildman–Crippen MR) is 44.1 cm³/mol. The van der Waals surface area contributed by atoms with Gasteiger partial charge in [0.15, 0.2) is 5.72 Å². The minimum absolute atomic E-state index is 0.204. The van der Waals surface area contributed by atoms with Crippen LogP contribution in [0.25, 0.3) is 0 Å². The molecule has 2 bridgehead atoms. The lowest BCUT2D eigenvalue weighted by atomic mass is 9.83. The quantitative estimate of drug-likeness (QED) is 0.605. The minimum atomic E-state index is -0.900. The number of nitroso groups, excluding NO2 is 1. The molecule has 2 heterocycles. The second-order valence-corrected chi connectivity index (χ2v) is 3.85. The van der Waals surface area contributed by atoms with Crippen LogP contribution in [0.2, 0.25) is 0 Å². The van der Waals surface area contributed by atoms with Crippen molar-refractivity contribution in [1.82, 2.24) is 5.01 Å². The average Bonchev–Trinajstić information content (AvgIpc) is 2.02. The molecule has 0 saturated carbocycles. The molecule has 2 aliphatic rings. The van der Waals surface area contributed by atoms with Gasteiger partial charge in [-0.1, -0.05) is 0 Å². The fourth-order valence-electron chi connectivity index (χ4n) is 2.47. The summed E-state index contributed by atoms with van der Waals surface area (Å²) in [5.41, 5.74) is -0.900. The van der Waals surface area contributed by atoms with E-state index in [0.29, 0.717) is 12.8 Å². The molecule has 0 spiro atoms. The molecule has 0 aromatic heterocycles. The van der Waals surface area contributed by atoms with Gasteiger partial charge < -0.3 is 5.11 Å². The van der Waals surface area contributed by atoms with E-state index in [9.17, 15) is 10.0 Å². The van der Waals surface area contributed by atoms with E-state index in [1.165, 1.54) is 5.01 Å². The SMILES string of the molecule is O=NN1C2CCCC1(O)CCC2. The number of hydrogen-bond donors (Lipinski definition) is 1. The van der Waals surface area contributed by atoms with E-state index in [-0.39, 0.29) is 6.04 Å². The summed E-state index contributed by atoms with van der Waals surface area (Å²) < 4.78 is 0. The number of hydrogen-bond acceptors (Lipinski definition) is 3. The molecule has 0 atom stereocenters. The lowest BCUT2D eigenvalue weighted by molar-refractivity contribution is -0.181. The Kier molecular flexibility index (Phi) is 1.79. The lowest BCUT2D eigenvalue weighted by Gasteiger charge is -2.47. The first-order valence-corrected chi connectivity index (χ1v) is 4.61. The first-order chi connectivity index (χ1) is 5.76. The Labute approximate surface area is 71.5 Å². The number of fused-ring (bicyclic) bond motifs is 2. The van der Waals surface area contributed by atoms with Crippen molar-refractivity contribution in [3.8, 4) is 0 Å². The summed E-state index contributed by atoms with van der Waals surface area (Å²) in [7, 11) is 0. The van der Waals surface area contributed by atoms with Gasteiger partial charge in [-0.2, -0.15) is 0 Å². The molecule has 4 heteroatoms. The van der Waals surface area contributed by atoms with E-state index < -0.39 is 5.72 Å². The molecule has 0 radical (unpaired) electrons. The Morgan fingerprint density at radius 3 is 2.25 bits per heavy atom. The van der Waals surface area contributed by atoms with Gasteiger partial charge in [0.1, 0.15) is 0 Å². The van der Waals surface area contributed by atoms with Gasteiger partial charge >= 0.3 is 0 Å². The largest absolute Gasteiger partial charge is 0.369 e. The number of aliphatic hydroxyl groups is 1. The first kappa shape index (κ1) is 7.98. The van der Waals surface area contributed by atoms with E-state index in [4.69, 9.17) is 0 Å². The van der Waals surface area contributed by atoms with Crippen molar-refractivity contribution in [2.45, 2.75) is 50.3 Å². The monoisotopic (exact) mass is 170 g/mol. The molecular weight excluding hydrogens is 156 g/mol. The maximum absolute atomic E-state index is 10.5. The van der Waals surface area contributed by atoms with Gasteiger partial charge in [-0.05, 0) is 38.5 Å². The van der Waals surface area contributed by atoms with Gasteiger partial charge in [0.25, 0.3) is 0 Å². The smallest absolute Gasteiger partial charge is 0.156 e. The van der Waals surface area contributed by atoms with Crippen LogP contribution in [0.4, 0.5) is 0 Å². The number of rotatable bonds is 1. The molecule has 1 N–H and O–H groups in total. The van der Waals surface area contributed by atoms with Crippen LogP contribution >= 0.6 is 0 Å². The third-order valence-corrected chi connectivity index (χ3v) is 3.09. The third kappa shape index (κ3) is 1.02. The first-order valence-electron chi connectivity index (χ1n) is 4.61. The summed E-state index contributed by atoms with van der Waals surface area (Å²) in [6.45, 7) is 0. The summed E-state index contributed by atoms with van der Waals surface area (Å²) in [5, 5.41) is 14.3. The second kappa shape index (κ2) is 2.69. The molecule has 2 fully saturated rings. The molecule has 68 valence electrons. The van der Waals surface area contributed by atoms with E-state index in [1.807, 2.05) is 0 Å². The molecular formula is C8H14N2O2. The Morgan fingerprint density at radius 2 is 1.92 bits per heavy atom. The van der Waals surface area contributed by atoms with E-state index in [0.717, 1.165) is 25.7 Å². The van der Waals surface area contributed by atoms with Crippen molar-refractivity contribution >= 4 is 0 Å². The van der Waals surface area contributed by atoms with E-state index in [2.05, 4.69) is 5.29 Å². The maximum atomic E-state index is 10.5. The molecule has 0 aromatic rings. The Morgan fingerprint density at radius 1 is 1.33 bits per heavy atom. The van der Waals surface area contributed by atoms with Crippen LogP contribution in [0.1, 0.15) is 38.5 Å². The zero-order valence-corrected chi connectivity index (χ0v) is 7.07. The van der Waals surface area contributed by atoms with Crippen LogP contribution in [0.3, 0.4) is 0 Å². The fourth-order valence-corrected chi connectivity index (χ4v) is 2.47. The summed E-state index contributed by atoms with van der Waals surface area (Å²) >= 11 is 0. The van der Waals surface area contributed by atoms with Gasteiger partial charge in [-0.25, -0.2) is 5.01 Å². The van der Waals surface area contributed by atoms with Gasteiger partial charge in [0.2, 0.25) is 0 Å². The Bertz CT molecular complexity index is 185. The molecule has 0 amide bonds. The fraction of sp³-hybridized carbons (Fsp3) is 1.00. The summed E-state index contributed by atoms with van der Waals surface area (Å²) in [4.78, 5) is 10.5. The molecule has 0 aromatic carbocycles. The molecule has 0 aliphatic carbocycles. The standard InChI is InChI=1S/C8H14N2O2/c11-8-5-1-3-7(4-2-6-8)10(8)9-12/h7,11H,1-6H2. The zero-order chi connectivity index (χ0) is 8.60. The average molecular weight is 170 g/mol. The Hall–Kier alpha value is -0.640. The highest BCUT2D eigenvalue weighted by Gasteiger charge is 2.45. The molecule has 0 unspecified atom stereocenters. The van der Waals surface area contributed by atoms with Crippen LogP contribution in [0.5, 0.6) is 0 Å². The molecule has 12 heavy (non-hydrogen) atoms. The summed E-state index contributed by atoms with van der Waals surface area (Å²) in [6.07, 6.45) is 5.47. The van der Waals surface area contributed by atoms with Crippen molar-refractivity contribution in [2.24, 2.45) is 5.29 Å². The normalized spacial score (nSPS) is 41.1. The van der Waals surface area contributed by atoms with E-state index in [1.54, 1.807) is 0 Å². The highest BCUT2D eigenvalue weighted by molar-refractivity contribution is 4.91. The van der Waals surface area contributed by atoms with Crippen LogP contribution in [-0.4, -0.2) is 21.9 Å². The van der Waals surface area contributed by atoms with Crippen molar-refractivity contribution in [3.05, 3.63) is 4.91 Å². The van der Waals surface area contributed by atoms with Gasteiger partial charge in [0, 0.05) is 0 Å². The number of piperidine rings is 2. The third-order valence-electron chi connectivity index (χ3n) is 3.09. The van der Waals surface area contributed by atoms with Gasteiger partial charge in [-0.3, -0.25) is 0 Å². The molecule has 2 saturated heterocycles. The maximum Gasteiger partial charge on any atom is 0.156 e. The second-order valence-electron chi connectivity index (χ2n) is 3.85. The van der Waals surface area contributed by atoms with Crippen molar-refractivity contribution in [3.63, 3.8) is 0 Å². The molecule has 2 rings (SSSR count). The van der Waals surface area contributed by atoms with Crippen LogP contribution in [0, 0.1) is 4.91 Å². The molecule has 4 nitrogen and oxygen atoms in total. The Balaban J connectivity index is 2.22. The minimum Gasteiger partial charge on any atom is -0.369 e. The highest BCUT2D eigenvalue weighted by atomic mass is 16.4. The van der Waals surface area contributed by atoms with Crippen molar-refractivity contribution in [2.75, 3.05) is 0 Å². The van der Waals surface area contributed by atoms with E-state index >= 15 is 0 Å². The lowest BCUT2D eigenvalue weighted by Crippen LogP contribution is -2.56. The van der Waals surface area contributed by atoms with Crippen LogP contribution in [-0.2, 0) is 0 Å². The summed E-state index contributed by atoms with van der Waals surface area (Å²) in [5.74, 6) is 0. The molecule has 2 aliphatic heterocycles. The number of nitrogens with zero attached hydrogens (tertiary/aromatic N) is 2. The highest BCUT2D eigenvalue weighted by Crippen LogP contribution is 2.40. The van der Waals surface area contributed by atoms with Gasteiger partial charge in [0.05, 0.1) is 11.3 Å². The van der Waals surface area contributed by atoms with Crippen LogP contribution < -0.4 is 0 Å². The topological polar surface area (TPSA) is 52.9 Å². The van der Waals surface area contributed by atoms with Crippen molar-refractivity contribution in [1.29, 1.82) is 0 Å².